The number of piperidine rings is 1. The van der Waals surface area contributed by atoms with Crippen LogP contribution in [0.2, 0.25) is 0 Å². The summed E-state index contributed by atoms with van der Waals surface area (Å²) in [5, 5.41) is 0. The van der Waals surface area contributed by atoms with E-state index in [0.29, 0.717) is 25.7 Å². The lowest BCUT2D eigenvalue weighted by molar-refractivity contribution is -0.159. The van der Waals surface area contributed by atoms with Gasteiger partial charge in [-0.25, -0.2) is 0 Å². The maximum absolute atomic E-state index is 11.6. The van der Waals surface area contributed by atoms with Crippen LogP contribution < -0.4 is 0 Å². The average Bonchev–Trinajstić information content (AvgIpc) is 2.84. The number of ether oxygens (including phenoxy) is 2. The molecule has 0 atom stereocenters. The van der Waals surface area contributed by atoms with E-state index in [1.165, 1.54) is 0 Å². The number of hydrogen-bond donors (Lipinski definition) is 0. The minimum Gasteiger partial charge on any atom is -0.347 e. The molecule has 2 saturated heterocycles. The van der Waals surface area contributed by atoms with Crippen LogP contribution in [0.15, 0.2) is 0 Å². The Labute approximate surface area is 115 Å². The van der Waals surface area contributed by atoms with Gasteiger partial charge in [0, 0.05) is 25.6 Å². The lowest BCUT2D eigenvalue weighted by Gasteiger charge is -2.39. The third-order valence-corrected chi connectivity index (χ3v) is 4.18. The maximum atomic E-state index is 11.6. The summed E-state index contributed by atoms with van der Waals surface area (Å²) in [6, 6.07) is 0.519. The van der Waals surface area contributed by atoms with Gasteiger partial charge in [-0.3, -0.25) is 9.69 Å². The van der Waals surface area contributed by atoms with E-state index in [1.54, 1.807) is 0 Å². The minimum atomic E-state index is -0.453. The number of carbonyl (C=O) groups is 1. The van der Waals surface area contributed by atoms with Crippen molar-refractivity contribution in [3.63, 3.8) is 0 Å². The van der Waals surface area contributed by atoms with Crippen molar-refractivity contribution in [2.24, 2.45) is 0 Å². The Balaban J connectivity index is 1.79. The Morgan fingerprint density at radius 2 is 1.89 bits per heavy atom. The molecule has 0 aromatic rings. The molecule has 5 nitrogen and oxygen atoms in total. The van der Waals surface area contributed by atoms with Gasteiger partial charge in [-0.15, -0.1) is 0 Å². The Kier molecular flexibility index (Phi) is 4.81. The van der Waals surface area contributed by atoms with Gasteiger partial charge in [-0.05, 0) is 26.8 Å². The number of carbonyl (C=O) groups excluding carboxylic acids is 1. The Hall–Kier alpha value is -0.650. The first-order valence-corrected chi connectivity index (χ1v) is 7.30. The predicted molar refractivity (Wildman–Crippen MR) is 72.8 cm³/mol. The summed E-state index contributed by atoms with van der Waals surface area (Å²) in [7, 11) is 2.12. The molecule has 110 valence electrons. The van der Waals surface area contributed by atoms with Gasteiger partial charge in [0.2, 0.25) is 5.91 Å². The largest absolute Gasteiger partial charge is 0.347 e. The number of amides is 1. The van der Waals surface area contributed by atoms with Gasteiger partial charge in [0.05, 0.1) is 19.8 Å². The molecule has 0 aromatic carbocycles. The molecule has 0 aliphatic carbocycles. The van der Waals surface area contributed by atoms with E-state index in [4.69, 9.17) is 9.47 Å². The molecule has 0 saturated carbocycles. The Morgan fingerprint density at radius 1 is 1.32 bits per heavy atom. The quantitative estimate of drug-likeness (QED) is 0.766. The summed E-state index contributed by atoms with van der Waals surface area (Å²) in [5.41, 5.74) is 0. The molecule has 0 aromatic heterocycles. The average molecular weight is 270 g/mol. The van der Waals surface area contributed by atoms with E-state index < -0.39 is 5.79 Å². The number of nitrogens with zero attached hydrogens (tertiary/aromatic N) is 2. The molecule has 19 heavy (non-hydrogen) atoms. The normalized spacial score (nSPS) is 24.1. The van der Waals surface area contributed by atoms with Gasteiger partial charge in [0.25, 0.3) is 0 Å². The highest BCUT2D eigenvalue weighted by Gasteiger charge is 2.35. The molecule has 0 unspecified atom stereocenters. The summed E-state index contributed by atoms with van der Waals surface area (Å²) in [6.45, 7) is 7.85. The Morgan fingerprint density at radius 3 is 2.42 bits per heavy atom. The first-order valence-electron chi connectivity index (χ1n) is 7.30. The SMILES string of the molecule is CCC(=O)N1CCC(N(C)CC2(C)OCCO2)CC1. The highest BCUT2D eigenvalue weighted by molar-refractivity contribution is 5.75. The first kappa shape index (κ1) is 14.8. The highest BCUT2D eigenvalue weighted by Crippen LogP contribution is 2.23. The molecular formula is C14H26N2O3. The van der Waals surface area contributed by atoms with Crippen LogP contribution in [0.4, 0.5) is 0 Å². The van der Waals surface area contributed by atoms with Crippen molar-refractivity contribution in [3.8, 4) is 0 Å². The smallest absolute Gasteiger partial charge is 0.222 e. The molecule has 0 radical (unpaired) electrons. The van der Waals surface area contributed by atoms with Crippen molar-refractivity contribution in [1.82, 2.24) is 9.80 Å². The summed E-state index contributed by atoms with van der Waals surface area (Å²) in [4.78, 5) is 15.9. The van der Waals surface area contributed by atoms with Crippen LogP contribution in [0.3, 0.4) is 0 Å². The van der Waals surface area contributed by atoms with Crippen LogP contribution in [0.1, 0.15) is 33.1 Å². The van der Waals surface area contributed by atoms with E-state index in [1.807, 2.05) is 18.7 Å². The van der Waals surface area contributed by atoms with Crippen molar-refractivity contribution in [1.29, 1.82) is 0 Å². The second-order valence-electron chi connectivity index (χ2n) is 5.71. The molecule has 2 heterocycles. The van der Waals surface area contributed by atoms with Gasteiger partial charge in [0.15, 0.2) is 5.79 Å². The van der Waals surface area contributed by atoms with E-state index in [2.05, 4.69) is 11.9 Å². The second kappa shape index (κ2) is 6.20. The number of likely N-dealkylation sites (tertiary alicyclic amines) is 1. The van der Waals surface area contributed by atoms with Gasteiger partial charge in [-0.2, -0.15) is 0 Å². The lowest BCUT2D eigenvalue weighted by atomic mass is 10.0. The molecule has 0 bridgehead atoms. The maximum Gasteiger partial charge on any atom is 0.222 e. The highest BCUT2D eigenvalue weighted by atomic mass is 16.7. The van der Waals surface area contributed by atoms with E-state index in [0.717, 1.165) is 32.5 Å². The van der Waals surface area contributed by atoms with E-state index in [-0.39, 0.29) is 5.91 Å². The van der Waals surface area contributed by atoms with Crippen molar-refractivity contribution < 1.29 is 14.3 Å². The van der Waals surface area contributed by atoms with Crippen molar-refractivity contribution >= 4 is 5.91 Å². The fourth-order valence-corrected chi connectivity index (χ4v) is 3.01. The van der Waals surface area contributed by atoms with Crippen molar-refractivity contribution in [3.05, 3.63) is 0 Å². The molecule has 1 amide bonds. The molecule has 2 aliphatic heterocycles. The van der Waals surface area contributed by atoms with E-state index >= 15 is 0 Å². The molecule has 0 N–H and O–H groups in total. The zero-order valence-corrected chi connectivity index (χ0v) is 12.4. The standard InChI is InChI=1S/C14H26N2O3/c1-4-13(17)16-7-5-12(6-8-16)15(3)11-14(2)18-9-10-19-14/h12H,4-11H2,1-3H3. The number of hydrogen-bond acceptors (Lipinski definition) is 4. The molecule has 5 heteroatoms. The van der Waals surface area contributed by atoms with Gasteiger partial charge in [0.1, 0.15) is 0 Å². The van der Waals surface area contributed by atoms with Gasteiger partial charge in [-0.1, -0.05) is 6.92 Å². The topological polar surface area (TPSA) is 42.0 Å². The summed E-state index contributed by atoms with van der Waals surface area (Å²) < 4.78 is 11.3. The van der Waals surface area contributed by atoms with Crippen LogP contribution in [-0.2, 0) is 14.3 Å². The summed E-state index contributed by atoms with van der Waals surface area (Å²) in [6.07, 6.45) is 2.69. The van der Waals surface area contributed by atoms with E-state index in [9.17, 15) is 4.79 Å². The monoisotopic (exact) mass is 270 g/mol. The van der Waals surface area contributed by atoms with Crippen molar-refractivity contribution in [2.45, 2.75) is 44.9 Å². The fourth-order valence-electron chi connectivity index (χ4n) is 3.01. The van der Waals surface area contributed by atoms with Crippen LogP contribution in [0.5, 0.6) is 0 Å². The number of rotatable bonds is 4. The number of likely N-dealkylation sites (N-methyl/N-ethyl adjacent to an activating group) is 1. The zero-order valence-electron chi connectivity index (χ0n) is 12.4. The van der Waals surface area contributed by atoms with Crippen LogP contribution in [-0.4, -0.2) is 67.4 Å². The summed E-state index contributed by atoms with van der Waals surface area (Å²) in [5.74, 6) is -0.180. The minimum absolute atomic E-state index is 0.274. The van der Waals surface area contributed by atoms with Gasteiger partial charge < -0.3 is 14.4 Å². The second-order valence-corrected chi connectivity index (χ2v) is 5.71. The fraction of sp³-hybridized carbons (Fsp3) is 0.929. The van der Waals surface area contributed by atoms with Crippen LogP contribution in [0.25, 0.3) is 0 Å². The molecule has 2 aliphatic rings. The summed E-state index contributed by atoms with van der Waals surface area (Å²) >= 11 is 0. The lowest BCUT2D eigenvalue weighted by Crippen LogP contribution is -2.49. The van der Waals surface area contributed by atoms with Crippen LogP contribution >= 0.6 is 0 Å². The molecule has 2 fully saturated rings. The van der Waals surface area contributed by atoms with Gasteiger partial charge >= 0.3 is 0 Å². The third-order valence-electron chi connectivity index (χ3n) is 4.18. The molecule has 0 spiro atoms. The molecular weight excluding hydrogens is 244 g/mol. The third kappa shape index (κ3) is 3.68. The zero-order chi connectivity index (χ0) is 13.9. The Bertz CT molecular complexity index is 308. The van der Waals surface area contributed by atoms with Crippen molar-refractivity contribution in [2.75, 3.05) is 39.9 Å². The predicted octanol–water partition coefficient (Wildman–Crippen LogP) is 1.08. The van der Waals surface area contributed by atoms with Crippen LogP contribution in [0, 0.1) is 0 Å². The first-order chi connectivity index (χ1) is 9.04. The molecule has 2 rings (SSSR count).